The summed E-state index contributed by atoms with van der Waals surface area (Å²) in [6.45, 7) is 4.30. The van der Waals surface area contributed by atoms with Crippen molar-refractivity contribution in [3.05, 3.63) is 41.7 Å². The zero-order valence-corrected chi connectivity index (χ0v) is 10.2. The third-order valence-electron chi connectivity index (χ3n) is 2.77. The Bertz CT molecular complexity index is 482. The number of anilines is 1. The highest BCUT2D eigenvalue weighted by Gasteiger charge is 2.26. The molecular weight excluding hydrogens is 212 g/mol. The first kappa shape index (κ1) is 11.6. The van der Waals surface area contributed by atoms with E-state index < -0.39 is 0 Å². The van der Waals surface area contributed by atoms with E-state index in [-0.39, 0.29) is 5.41 Å². The average molecular weight is 228 g/mol. The highest BCUT2D eigenvalue weighted by molar-refractivity contribution is 5.60. The van der Waals surface area contributed by atoms with Crippen molar-refractivity contribution < 1.29 is 4.79 Å². The van der Waals surface area contributed by atoms with Crippen LogP contribution in [0.4, 0.5) is 5.82 Å². The van der Waals surface area contributed by atoms with Crippen molar-refractivity contribution in [3.8, 4) is 0 Å². The van der Waals surface area contributed by atoms with Gasteiger partial charge in [-0.1, -0.05) is 19.9 Å². The van der Waals surface area contributed by atoms with E-state index in [0.717, 1.165) is 29.9 Å². The summed E-state index contributed by atoms with van der Waals surface area (Å²) in [5.41, 5.74) is 1.84. The number of hydrogen-bond acceptors (Lipinski definition) is 3. The molecular formula is C14H16N2O. The van der Waals surface area contributed by atoms with Crippen LogP contribution in [0, 0.1) is 5.41 Å². The summed E-state index contributed by atoms with van der Waals surface area (Å²) in [6.07, 6.45) is 5.32. The standard InChI is InChI=1S/C14H16N2O/c1-14(2)8-11(10-17)7-12(9-14)16-13-5-3-4-6-15-13/h3-7H,8-9H2,1-2H3,(H,15,16). The Morgan fingerprint density at radius 3 is 2.82 bits per heavy atom. The molecule has 0 amide bonds. The van der Waals surface area contributed by atoms with Gasteiger partial charge in [-0.15, -0.1) is 0 Å². The number of nitrogens with zero attached hydrogens (tertiary/aromatic N) is 1. The molecule has 1 N–H and O–H groups in total. The number of aromatic nitrogens is 1. The monoisotopic (exact) mass is 228 g/mol. The molecule has 2 rings (SSSR count). The van der Waals surface area contributed by atoms with Crippen LogP contribution in [0.1, 0.15) is 26.7 Å². The number of pyridine rings is 1. The molecule has 3 nitrogen and oxygen atoms in total. The molecule has 88 valence electrons. The predicted octanol–water partition coefficient (Wildman–Crippen LogP) is 2.96. The molecule has 0 saturated heterocycles. The highest BCUT2D eigenvalue weighted by atomic mass is 16.1. The van der Waals surface area contributed by atoms with Crippen molar-refractivity contribution in [1.82, 2.24) is 4.98 Å². The van der Waals surface area contributed by atoms with Gasteiger partial charge in [-0.2, -0.15) is 0 Å². The fourth-order valence-electron chi connectivity index (χ4n) is 2.15. The molecule has 0 spiro atoms. The van der Waals surface area contributed by atoms with Crippen LogP contribution in [-0.4, -0.2) is 10.9 Å². The van der Waals surface area contributed by atoms with Crippen molar-refractivity contribution in [2.45, 2.75) is 26.7 Å². The minimum atomic E-state index is 0.0958. The first-order valence-corrected chi connectivity index (χ1v) is 5.72. The number of nitrogens with one attached hydrogen (secondary N) is 1. The maximum atomic E-state index is 10.8. The highest BCUT2D eigenvalue weighted by Crippen LogP contribution is 2.36. The zero-order valence-electron chi connectivity index (χ0n) is 10.2. The third-order valence-corrected chi connectivity index (χ3v) is 2.77. The van der Waals surface area contributed by atoms with Crippen LogP contribution in [0.3, 0.4) is 0 Å². The van der Waals surface area contributed by atoms with E-state index in [1.807, 2.05) is 30.2 Å². The largest absolute Gasteiger partial charge is 0.344 e. The molecule has 0 radical (unpaired) electrons. The van der Waals surface area contributed by atoms with Crippen LogP contribution in [0.2, 0.25) is 0 Å². The van der Waals surface area contributed by atoms with Crippen molar-refractivity contribution >= 4 is 11.8 Å². The Kier molecular flexibility index (Phi) is 3.12. The van der Waals surface area contributed by atoms with Crippen molar-refractivity contribution in [2.24, 2.45) is 5.41 Å². The second-order valence-electron chi connectivity index (χ2n) is 5.15. The van der Waals surface area contributed by atoms with Gasteiger partial charge in [0, 0.05) is 17.5 Å². The molecule has 3 heteroatoms. The van der Waals surface area contributed by atoms with E-state index in [2.05, 4.69) is 24.1 Å². The molecule has 0 atom stereocenters. The van der Waals surface area contributed by atoms with Crippen LogP contribution < -0.4 is 5.32 Å². The summed E-state index contributed by atoms with van der Waals surface area (Å²) in [4.78, 5) is 15.0. The van der Waals surface area contributed by atoms with E-state index in [1.54, 1.807) is 6.20 Å². The van der Waals surface area contributed by atoms with Crippen LogP contribution in [0.15, 0.2) is 41.7 Å². The van der Waals surface area contributed by atoms with Gasteiger partial charge in [-0.3, -0.25) is 0 Å². The summed E-state index contributed by atoms with van der Waals surface area (Å²) in [6, 6.07) is 5.72. The molecule has 1 aliphatic rings. The van der Waals surface area contributed by atoms with Crippen molar-refractivity contribution in [1.29, 1.82) is 0 Å². The molecule has 0 unspecified atom stereocenters. The molecule has 17 heavy (non-hydrogen) atoms. The van der Waals surface area contributed by atoms with Crippen LogP contribution in [-0.2, 0) is 4.79 Å². The Morgan fingerprint density at radius 1 is 1.35 bits per heavy atom. The lowest BCUT2D eigenvalue weighted by Gasteiger charge is -2.30. The summed E-state index contributed by atoms with van der Waals surface area (Å²) >= 11 is 0. The summed E-state index contributed by atoms with van der Waals surface area (Å²) < 4.78 is 0. The van der Waals surface area contributed by atoms with E-state index >= 15 is 0 Å². The average Bonchev–Trinajstić information content (AvgIpc) is 2.28. The second kappa shape index (κ2) is 4.56. The first-order valence-electron chi connectivity index (χ1n) is 5.72. The SMILES string of the molecule is CC1(C)CC(=C=O)C=C(Nc2ccccn2)C1. The predicted molar refractivity (Wildman–Crippen MR) is 68.2 cm³/mol. The van der Waals surface area contributed by atoms with Gasteiger partial charge in [0.1, 0.15) is 11.8 Å². The summed E-state index contributed by atoms with van der Waals surface area (Å²) in [5, 5.41) is 3.25. The van der Waals surface area contributed by atoms with Crippen LogP contribution >= 0.6 is 0 Å². The fraction of sp³-hybridized carbons (Fsp3) is 0.357. The Hall–Kier alpha value is -1.86. The van der Waals surface area contributed by atoms with Crippen LogP contribution in [0.25, 0.3) is 0 Å². The van der Waals surface area contributed by atoms with E-state index in [0.29, 0.717) is 0 Å². The van der Waals surface area contributed by atoms with Gasteiger partial charge in [-0.05, 0) is 36.5 Å². The topological polar surface area (TPSA) is 42.0 Å². The molecule has 0 bridgehead atoms. The number of carbonyl (C=O) groups excluding carboxylic acids is 1. The number of hydrogen-bond donors (Lipinski definition) is 1. The van der Waals surface area contributed by atoms with Gasteiger partial charge in [0.15, 0.2) is 0 Å². The molecule has 0 aliphatic heterocycles. The first-order chi connectivity index (χ1) is 8.09. The van der Waals surface area contributed by atoms with Gasteiger partial charge in [0.2, 0.25) is 0 Å². The fourth-order valence-corrected chi connectivity index (χ4v) is 2.15. The summed E-state index contributed by atoms with van der Waals surface area (Å²) in [5.74, 6) is 2.81. The van der Waals surface area contributed by atoms with Gasteiger partial charge >= 0.3 is 0 Å². The number of rotatable bonds is 2. The van der Waals surface area contributed by atoms with E-state index in [1.165, 1.54) is 0 Å². The minimum Gasteiger partial charge on any atom is -0.344 e. The van der Waals surface area contributed by atoms with E-state index in [9.17, 15) is 4.79 Å². The molecule has 1 heterocycles. The molecule has 1 aromatic rings. The Balaban J connectivity index is 2.21. The summed E-state index contributed by atoms with van der Waals surface area (Å²) in [7, 11) is 0. The lowest BCUT2D eigenvalue weighted by atomic mass is 9.77. The van der Waals surface area contributed by atoms with Gasteiger partial charge in [0.05, 0.1) is 0 Å². The maximum Gasteiger partial charge on any atom is 0.130 e. The Labute approximate surface area is 101 Å². The van der Waals surface area contributed by atoms with Gasteiger partial charge in [-0.25, -0.2) is 9.78 Å². The molecule has 0 aromatic carbocycles. The minimum absolute atomic E-state index is 0.0958. The van der Waals surface area contributed by atoms with Crippen molar-refractivity contribution in [2.75, 3.05) is 5.32 Å². The van der Waals surface area contributed by atoms with Gasteiger partial charge in [0.25, 0.3) is 0 Å². The Morgan fingerprint density at radius 2 is 2.18 bits per heavy atom. The molecule has 0 fully saturated rings. The lowest BCUT2D eigenvalue weighted by molar-refractivity contribution is 0.353. The normalized spacial score (nSPS) is 18.2. The lowest BCUT2D eigenvalue weighted by Crippen LogP contribution is -2.20. The molecule has 0 saturated carbocycles. The third kappa shape index (κ3) is 3.05. The van der Waals surface area contributed by atoms with E-state index in [4.69, 9.17) is 0 Å². The van der Waals surface area contributed by atoms with Crippen LogP contribution in [0.5, 0.6) is 0 Å². The number of allylic oxidation sites excluding steroid dienone is 3. The quantitative estimate of drug-likeness (QED) is 0.791. The smallest absolute Gasteiger partial charge is 0.130 e. The molecule has 1 aliphatic carbocycles. The second-order valence-corrected chi connectivity index (χ2v) is 5.15. The van der Waals surface area contributed by atoms with Crippen molar-refractivity contribution in [3.63, 3.8) is 0 Å². The maximum absolute atomic E-state index is 10.8. The van der Waals surface area contributed by atoms with Gasteiger partial charge < -0.3 is 5.32 Å². The molecule has 1 aromatic heterocycles. The zero-order chi connectivity index (χ0) is 12.3.